The molecule has 0 N–H and O–H groups in total. The van der Waals surface area contributed by atoms with Gasteiger partial charge in [-0.2, -0.15) is 11.8 Å². The van der Waals surface area contributed by atoms with Crippen molar-refractivity contribution in [2.45, 2.75) is 25.6 Å². The maximum atomic E-state index is 3.65. The summed E-state index contributed by atoms with van der Waals surface area (Å²) < 4.78 is 3.54. The minimum Gasteiger partial charge on any atom is -0.344 e. The monoisotopic (exact) mass is 297 g/mol. The second kappa shape index (κ2) is 4.84. The van der Waals surface area contributed by atoms with Crippen molar-refractivity contribution in [3.63, 3.8) is 0 Å². The molecule has 3 heteroatoms. The van der Waals surface area contributed by atoms with Gasteiger partial charge in [0.15, 0.2) is 0 Å². The molecule has 1 aromatic carbocycles. The Labute approximate surface area is 109 Å². The smallest absolute Gasteiger partial charge is 0.0630 e. The summed E-state index contributed by atoms with van der Waals surface area (Å²) in [4.78, 5) is 0. The summed E-state index contributed by atoms with van der Waals surface area (Å²) in [6.45, 7) is 4.45. The van der Waals surface area contributed by atoms with Gasteiger partial charge in [0.2, 0.25) is 0 Å². The minimum atomic E-state index is 0.497. The third kappa shape index (κ3) is 2.03. The second-order valence-corrected chi connectivity index (χ2v) is 5.94. The van der Waals surface area contributed by atoms with Gasteiger partial charge in [0.25, 0.3) is 0 Å². The Balaban J connectivity index is 2.71. The predicted octanol–water partition coefficient (Wildman–Crippen LogP) is 4.85. The number of rotatable bonds is 3. The SMILES string of the molecule is CSCc1cn(C(C)C)c2c(Br)cccc12. The number of benzene rings is 1. The zero-order chi connectivity index (χ0) is 11.7. The van der Waals surface area contributed by atoms with Crippen LogP contribution >= 0.6 is 27.7 Å². The first-order chi connectivity index (χ1) is 7.65. The molecule has 1 nitrogen and oxygen atoms in total. The van der Waals surface area contributed by atoms with Crippen LogP contribution in [0.2, 0.25) is 0 Å². The molecule has 0 amide bonds. The molecule has 1 heterocycles. The summed E-state index contributed by atoms with van der Waals surface area (Å²) in [5.41, 5.74) is 2.75. The molecular weight excluding hydrogens is 282 g/mol. The molecule has 0 aliphatic rings. The van der Waals surface area contributed by atoms with Crippen molar-refractivity contribution >= 4 is 38.6 Å². The van der Waals surface area contributed by atoms with Crippen LogP contribution in [0.1, 0.15) is 25.5 Å². The number of aromatic nitrogens is 1. The molecule has 0 unspecified atom stereocenters. The first kappa shape index (κ1) is 12.1. The number of hydrogen-bond acceptors (Lipinski definition) is 1. The van der Waals surface area contributed by atoms with Crippen LogP contribution in [-0.2, 0) is 5.75 Å². The number of halogens is 1. The largest absolute Gasteiger partial charge is 0.344 e. The lowest BCUT2D eigenvalue weighted by Crippen LogP contribution is -1.98. The lowest BCUT2D eigenvalue weighted by atomic mass is 10.2. The van der Waals surface area contributed by atoms with Gasteiger partial charge in [0.05, 0.1) is 5.52 Å². The van der Waals surface area contributed by atoms with Crippen LogP contribution in [-0.4, -0.2) is 10.8 Å². The quantitative estimate of drug-likeness (QED) is 0.784. The Morgan fingerprint density at radius 3 is 2.75 bits per heavy atom. The third-order valence-electron chi connectivity index (χ3n) is 2.74. The molecule has 0 aliphatic heterocycles. The molecule has 0 aliphatic carbocycles. The topological polar surface area (TPSA) is 4.93 Å². The fourth-order valence-electron chi connectivity index (χ4n) is 2.02. The first-order valence-electron chi connectivity index (χ1n) is 5.42. The van der Waals surface area contributed by atoms with E-state index in [-0.39, 0.29) is 0 Å². The maximum absolute atomic E-state index is 3.65. The highest BCUT2D eigenvalue weighted by Crippen LogP contribution is 2.32. The van der Waals surface area contributed by atoms with Gasteiger partial charge in [-0.25, -0.2) is 0 Å². The highest BCUT2D eigenvalue weighted by atomic mass is 79.9. The van der Waals surface area contributed by atoms with Crippen LogP contribution in [0, 0.1) is 0 Å². The summed E-state index contributed by atoms with van der Waals surface area (Å²) in [5.74, 6) is 1.08. The van der Waals surface area contributed by atoms with Gasteiger partial charge in [-0.05, 0) is 47.7 Å². The molecule has 0 saturated heterocycles. The van der Waals surface area contributed by atoms with Crippen molar-refractivity contribution < 1.29 is 0 Å². The molecule has 0 spiro atoms. The van der Waals surface area contributed by atoms with Gasteiger partial charge in [0.1, 0.15) is 0 Å². The highest BCUT2D eigenvalue weighted by molar-refractivity contribution is 9.10. The van der Waals surface area contributed by atoms with E-state index in [2.05, 4.69) is 65.0 Å². The van der Waals surface area contributed by atoms with E-state index in [1.807, 2.05) is 11.8 Å². The van der Waals surface area contributed by atoms with Crippen molar-refractivity contribution in [1.82, 2.24) is 4.57 Å². The van der Waals surface area contributed by atoms with E-state index in [4.69, 9.17) is 0 Å². The van der Waals surface area contributed by atoms with Gasteiger partial charge >= 0.3 is 0 Å². The summed E-state index contributed by atoms with van der Waals surface area (Å²) in [6.07, 6.45) is 4.44. The number of para-hydroxylation sites is 1. The number of fused-ring (bicyclic) bond motifs is 1. The average molecular weight is 298 g/mol. The van der Waals surface area contributed by atoms with E-state index in [1.165, 1.54) is 20.9 Å². The van der Waals surface area contributed by atoms with Crippen molar-refractivity contribution in [2.24, 2.45) is 0 Å². The Bertz CT molecular complexity index is 502. The van der Waals surface area contributed by atoms with Gasteiger partial charge in [-0.1, -0.05) is 12.1 Å². The molecule has 0 fully saturated rings. The Morgan fingerprint density at radius 1 is 1.38 bits per heavy atom. The van der Waals surface area contributed by atoms with Gasteiger partial charge in [-0.15, -0.1) is 0 Å². The molecule has 1 aromatic heterocycles. The number of nitrogens with zero attached hydrogens (tertiary/aromatic N) is 1. The normalized spacial score (nSPS) is 11.6. The molecular formula is C13H16BrNS. The van der Waals surface area contributed by atoms with E-state index < -0.39 is 0 Å². The predicted molar refractivity (Wildman–Crippen MR) is 77.2 cm³/mol. The Kier molecular flexibility index (Phi) is 3.65. The molecule has 0 radical (unpaired) electrons. The standard InChI is InChI=1S/C13H16BrNS/c1-9(2)15-7-10(8-16-3)11-5-4-6-12(14)13(11)15/h4-7,9H,8H2,1-3H3. The molecule has 0 bridgehead atoms. The van der Waals surface area contributed by atoms with Crippen LogP contribution in [0.15, 0.2) is 28.9 Å². The van der Waals surface area contributed by atoms with E-state index in [9.17, 15) is 0 Å². The molecule has 0 saturated carbocycles. The Morgan fingerprint density at radius 2 is 2.12 bits per heavy atom. The average Bonchev–Trinajstić information content (AvgIpc) is 2.60. The number of thioether (sulfide) groups is 1. The van der Waals surface area contributed by atoms with Gasteiger partial charge < -0.3 is 4.57 Å². The van der Waals surface area contributed by atoms with Crippen LogP contribution in [0.3, 0.4) is 0 Å². The van der Waals surface area contributed by atoms with Crippen LogP contribution in [0.5, 0.6) is 0 Å². The highest BCUT2D eigenvalue weighted by Gasteiger charge is 2.12. The molecule has 2 rings (SSSR count). The number of hydrogen-bond donors (Lipinski definition) is 0. The zero-order valence-electron chi connectivity index (χ0n) is 9.83. The molecule has 16 heavy (non-hydrogen) atoms. The van der Waals surface area contributed by atoms with Crippen molar-refractivity contribution in [2.75, 3.05) is 6.26 Å². The van der Waals surface area contributed by atoms with E-state index in [0.717, 1.165) is 5.75 Å². The van der Waals surface area contributed by atoms with Crippen LogP contribution < -0.4 is 0 Å². The summed E-state index contributed by atoms with van der Waals surface area (Å²) in [6, 6.07) is 6.94. The Hall–Kier alpha value is -0.410. The summed E-state index contributed by atoms with van der Waals surface area (Å²) >= 11 is 5.52. The van der Waals surface area contributed by atoms with Crippen molar-refractivity contribution in [1.29, 1.82) is 0 Å². The zero-order valence-corrected chi connectivity index (χ0v) is 12.2. The molecule has 86 valence electrons. The fourth-order valence-corrected chi connectivity index (χ4v) is 3.13. The van der Waals surface area contributed by atoms with Crippen LogP contribution in [0.25, 0.3) is 10.9 Å². The maximum Gasteiger partial charge on any atom is 0.0630 e. The van der Waals surface area contributed by atoms with Crippen molar-refractivity contribution in [3.8, 4) is 0 Å². The lowest BCUT2D eigenvalue weighted by molar-refractivity contribution is 0.621. The minimum absolute atomic E-state index is 0.497. The van der Waals surface area contributed by atoms with Gasteiger partial charge in [-0.3, -0.25) is 0 Å². The van der Waals surface area contributed by atoms with E-state index >= 15 is 0 Å². The second-order valence-electron chi connectivity index (χ2n) is 4.22. The van der Waals surface area contributed by atoms with Crippen LogP contribution in [0.4, 0.5) is 0 Å². The fraction of sp³-hybridized carbons (Fsp3) is 0.385. The van der Waals surface area contributed by atoms with Crippen molar-refractivity contribution in [3.05, 3.63) is 34.4 Å². The van der Waals surface area contributed by atoms with Gasteiger partial charge in [0, 0.05) is 27.9 Å². The molecule has 2 aromatic rings. The first-order valence-corrected chi connectivity index (χ1v) is 7.60. The van der Waals surface area contributed by atoms with E-state index in [1.54, 1.807) is 0 Å². The third-order valence-corrected chi connectivity index (χ3v) is 3.98. The lowest BCUT2D eigenvalue weighted by Gasteiger charge is -2.09. The summed E-state index contributed by atoms with van der Waals surface area (Å²) in [7, 11) is 0. The molecule has 0 atom stereocenters. The van der Waals surface area contributed by atoms with E-state index in [0.29, 0.717) is 6.04 Å². The summed E-state index contributed by atoms with van der Waals surface area (Å²) in [5, 5.41) is 1.37.